The molecule has 1 N–H and O–H groups in total. The van der Waals surface area contributed by atoms with E-state index >= 15 is 0 Å². The van der Waals surface area contributed by atoms with E-state index in [9.17, 15) is 18.0 Å². The first-order chi connectivity index (χ1) is 16.9. The Hall–Kier alpha value is -3.27. The number of aromatic nitrogens is 4. The van der Waals surface area contributed by atoms with E-state index in [1.165, 1.54) is 35.3 Å². The summed E-state index contributed by atoms with van der Waals surface area (Å²) in [7, 11) is 0. The highest BCUT2D eigenvalue weighted by Gasteiger charge is 2.35. The van der Waals surface area contributed by atoms with Gasteiger partial charge in [0.1, 0.15) is 0 Å². The Morgan fingerprint density at radius 3 is 2.71 bits per heavy atom. The molecule has 0 radical (unpaired) electrons. The Morgan fingerprint density at radius 1 is 1.17 bits per heavy atom. The van der Waals surface area contributed by atoms with Crippen molar-refractivity contribution < 1.29 is 18.0 Å². The minimum Gasteiger partial charge on any atom is -0.350 e. The number of likely N-dealkylation sites (tertiary alicyclic amines) is 1. The number of amides is 1. The summed E-state index contributed by atoms with van der Waals surface area (Å²) in [5.74, 6) is 0.0969. The fraction of sp³-hybridized carbons (Fsp3) is 0.440. The molecule has 3 heterocycles. The first kappa shape index (κ1) is 23.5. The van der Waals surface area contributed by atoms with Gasteiger partial charge >= 0.3 is 6.18 Å². The number of hydrogen-bond donors (Lipinski definition) is 1. The van der Waals surface area contributed by atoms with Gasteiger partial charge in [-0.15, -0.1) is 0 Å². The first-order valence-corrected chi connectivity index (χ1v) is 12.0. The maximum atomic E-state index is 13.6. The van der Waals surface area contributed by atoms with Crippen LogP contribution in [-0.4, -0.2) is 56.2 Å². The number of hydrogen-bond acceptors (Lipinski definition) is 5. The van der Waals surface area contributed by atoms with Crippen LogP contribution >= 0.6 is 0 Å². The number of nitrogens with zero attached hydrogens (tertiary/aromatic N) is 5. The molecular formula is C25H27F3N6O. The third-order valence-corrected chi connectivity index (χ3v) is 6.76. The number of carbonyl (C=O) groups is 1. The molecule has 5 rings (SSSR count). The molecule has 10 heteroatoms. The number of halogens is 3. The van der Waals surface area contributed by atoms with Crippen molar-refractivity contribution in [3.05, 3.63) is 59.5 Å². The Bertz CT molecular complexity index is 1220. The van der Waals surface area contributed by atoms with Crippen LogP contribution in [0.5, 0.6) is 0 Å². The lowest BCUT2D eigenvalue weighted by Gasteiger charge is -2.22. The second kappa shape index (κ2) is 9.41. The van der Waals surface area contributed by atoms with Crippen LogP contribution in [0, 0.1) is 0 Å². The van der Waals surface area contributed by atoms with Crippen molar-refractivity contribution in [2.24, 2.45) is 0 Å². The van der Waals surface area contributed by atoms with Gasteiger partial charge in [-0.25, -0.2) is 14.6 Å². The maximum Gasteiger partial charge on any atom is 0.417 e. The van der Waals surface area contributed by atoms with Gasteiger partial charge in [-0.1, -0.05) is 25.1 Å². The van der Waals surface area contributed by atoms with Gasteiger partial charge in [0.25, 0.3) is 11.9 Å². The Labute approximate surface area is 201 Å². The SMILES string of the molecule is CCN1CCC[C@@H]1CNC(=O)c1cnn(-c2nccc(-c3ccccc3C(F)(F)F)n2)c1C1CC1. The molecule has 1 saturated carbocycles. The summed E-state index contributed by atoms with van der Waals surface area (Å²) in [6, 6.07) is 7.10. The van der Waals surface area contributed by atoms with Crippen LogP contribution in [0.25, 0.3) is 17.2 Å². The van der Waals surface area contributed by atoms with E-state index in [-0.39, 0.29) is 29.0 Å². The molecule has 1 aliphatic heterocycles. The minimum absolute atomic E-state index is 0.0289. The fourth-order valence-corrected chi connectivity index (χ4v) is 4.84. The van der Waals surface area contributed by atoms with Crippen molar-refractivity contribution in [1.29, 1.82) is 0 Å². The zero-order chi connectivity index (χ0) is 24.6. The molecule has 1 aromatic carbocycles. The maximum absolute atomic E-state index is 13.6. The van der Waals surface area contributed by atoms with E-state index < -0.39 is 11.7 Å². The fourth-order valence-electron chi connectivity index (χ4n) is 4.84. The van der Waals surface area contributed by atoms with Crippen molar-refractivity contribution in [2.45, 2.75) is 50.7 Å². The van der Waals surface area contributed by atoms with E-state index in [0.29, 0.717) is 23.8 Å². The monoisotopic (exact) mass is 484 g/mol. The summed E-state index contributed by atoms with van der Waals surface area (Å²) in [5.41, 5.74) is 0.534. The average molecular weight is 485 g/mol. The second-order valence-corrected chi connectivity index (χ2v) is 9.05. The molecule has 0 spiro atoms. The summed E-state index contributed by atoms with van der Waals surface area (Å²) in [5, 5.41) is 7.44. The van der Waals surface area contributed by atoms with Gasteiger partial charge in [-0.2, -0.15) is 18.3 Å². The Morgan fingerprint density at radius 2 is 1.97 bits per heavy atom. The molecule has 2 aliphatic rings. The molecule has 2 aromatic heterocycles. The Balaban J connectivity index is 1.44. The minimum atomic E-state index is -4.51. The topological polar surface area (TPSA) is 75.9 Å². The highest BCUT2D eigenvalue weighted by Crippen LogP contribution is 2.42. The quantitative estimate of drug-likeness (QED) is 0.537. The number of carbonyl (C=O) groups excluding carboxylic acids is 1. The molecule has 2 fully saturated rings. The van der Waals surface area contributed by atoms with Crippen LogP contribution in [0.1, 0.15) is 60.1 Å². The molecule has 7 nitrogen and oxygen atoms in total. The first-order valence-electron chi connectivity index (χ1n) is 12.0. The smallest absolute Gasteiger partial charge is 0.350 e. The normalized spacial score (nSPS) is 18.7. The molecule has 0 unspecified atom stereocenters. The van der Waals surface area contributed by atoms with Crippen LogP contribution in [0.2, 0.25) is 0 Å². The summed E-state index contributed by atoms with van der Waals surface area (Å²) >= 11 is 0. The van der Waals surface area contributed by atoms with Crippen LogP contribution in [0.4, 0.5) is 13.2 Å². The van der Waals surface area contributed by atoms with E-state index in [1.54, 1.807) is 6.07 Å². The van der Waals surface area contributed by atoms with E-state index in [4.69, 9.17) is 0 Å². The van der Waals surface area contributed by atoms with Gasteiger partial charge in [0.05, 0.1) is 28.7 Å². The van der Waals surface area contributed by atoms with Crippen molar-refractivity contribution in [3.63, 3.8) is 0 Å². The summed E-state index contributed by atoms with van der Waals surface area (Å²) in [6.45, 7) is 4.70. The van der Waals surface area contributed by atoms with Crippen LogP contribution in [-0.2, 0) is 6.18 Å². The average Bonchev–Trinajstić information content (AvgIpc) is 3.42. The predicted octanol–water partition coefficient (Wildman–Crippen LogP) is 4.44. The third kappa shape index (κ3) is 4.80. The highest BCUT2D eigenvalue weighted by molar-refractivity contribution is 5.95. The molecule has 1 saturated heterocycles. The van der Waals surface area contributed by atoms with Crippen LogP contribution in [0.3, 0.4) is 0 Å². The predicted molar refractivity (Wildman–Crippen MR) is 124 cm³/mol. The lowest BCUT2D eigenvalue weighted by Crippen LogP contribution is -2.40. The standard InChI is InChI=1S/C25H27F3N6O/c1-2-33-13-5-6-17(33)14-30-23(35)19-15-31-34(22(19)16-9-10-16)24-29-12-11-21(32-24)18-7-3-4-8-20(18)25(26,27)28/h3-4,7-8,11-12,15-17H,2,5-6,9-10,13-14H2,1H3,(H,30,35)/t17-/m1/s1. The number of rotatable bonds is 7. The lowest BCUT2D eigenvalue weighted by atomic mass is 10.0. The number of nitrogens with one attached hydrogen (secondary N) is 1. The highest BCUT2D eigenvalue weighted by atomic mass is 19.4. The molecule has 3 aromatic rings. The number of likely N-dealkylation sites (N-methyl/N-ethyl adjacent to an activating group) is 1. The summed E-state index contributed by atoms with van der Waals surface area (Å²) in [6.07, 6.45) is 2.43. The van der Waals surface area contributed by atoms with Gasteiger partial charge in [0, 0.05) is 30.3 Å². The molecule has 1 aliphatic carbocycles. The van der Waals surface area contributed by atoms with Gasteiger partial charge in [-0.05, 0) is 50.9 Å². The van der Waals surface area contributed by atoms with Crippen molar-refractivity contribution in [1.82, 2.24) is 30.0 Å². The second-order valence-electron chi connectivity index (χ2n) is 9.05. The largest absolute Gasteiger partial charge is 0.417 e. The molecule has 35 heavy (non-hydrogen) atoms. The zero-order valence-corrected chi connectivity index (χ0v) is 19.4. The van der Waals surface area contributed by atoms with Gasteiger partial charge in [-0.3, -0.25) is 9.69 Å². The number of benzene rings is 1. The van der Waals surface area contributed by atoms with E-state index in [0.717, 1.165) is 44.8 Å². The molecule has 1 atom stereocenters. The van der Waals surface area contributed by atoms with Crippen molar-refractivity contribution >= 4 is 5.91 Å². The van der Waals surface area contributed by atoms with Gasteiger partial charge < -0.3 is 5.32 Å². The summed E-state index contributed by atoms with van der Waals surface area (Å²) in [4.78, 5) is 24.1. The van der Waals surface area contributed by atoms with E-state index in [2.05, 4.69) is 32.2 Å². The number of alkyl halides is 3. The lowest BCUT2D eigenvalue weighted by molar-refractivity contribution is -0.137. The third-order valence-electron chi connectivity index (χ3n) is 6.76. The Kier molecular flexibility index (Phi) is 6.31. The van der Waals surface area contributed by atoms with Gasteiger partial charge in [0.15, 0.2) is 0 Å². The molecule has 184 valence electrons. The zero-order valence-electron chi connectivity index (χ0n) is 19.4. The molecular weight excluding hydrogens is 457 g/mol. The van der Waals surface area contributed by atoms with Crippen LogP contribution < -0.4 is 5.32 Å². The van der Waals surface area contributed by atoms with Gasteiger partial charge in [0.2, 0.25) is 0 Å². The van der Waals surface area contributed by atoms with Crippen molar-refractivity contribution in [2.75, 3.05) is 19.6 Å². The molecule has 1 amide bonds. The van der Waals surface area contributed by atoms with Crippen molar-refractivity contribution in [3.8, 4) is 17.2 Å². The van der Waals surface area contributed by atoms with Crippen LogP contribution in [0.15, 0.2) is 42.7 Å². The molecule has 0 bridgehead atoms. The van der Waals surface area contributed by atoms with E-state index in [1.807, 2.05) is 0 Å². The summed E-state index contributed by atoms with van der Waals surface area (Å²) < 4.78 is 42.2.